The number of nitrogens with one attached hydrogen (secondary N) is 1. The van der Waals surface area contributed by atoms with Gasteiger partial charge in [0.05, 0.1) is 30.1 Å². The Bertz CT molecular complexity index is 1610. The van der Waals surface area contributed by atoms with Crippen molar-refractivity contribution in [2.24, 2.45) is 0 Å². The van der Waals surface area contributed by atoms with Crippen molar-refractivity contribution in [1.29, 1.82) is 0 Å². The highest BCUT2D eigenvalue weighted by atomic mass is 16.5. The summed E-state index contributed by atoms with van der Waals surface area (Å²) >= 11 is 0. The highest BCUT2D eigenvalue weighted by Crippen LogP contribution is 2.34. The molecular formula is C29H27N5O4. The van der Waals surface area contributed by atoms with E-state index in [2.05, 4.69) is 5.43 Å². The van der Waals surface area contributed by atoms with E-state index in [1.54, 1.807) is 54.6 Å². The molecule has 0 radical (unpaired) electrons. The lowest BCUT2D eigenvalue weighted by atomic mass is 10.0. The Morgan fingerprint density at radius 2 is 1.74 bits per heavy atom. The Balaban J connectivity index is 1.47. The van der Waals surface area contributed by atoms with Crippen LogP contribution < -0.4 is 20.6 Å². The SMILES string of the molecule is COc1ccccc1-n1c(C2CC(=O)N2NC(=O)/C=C/c2ccc(N(C)C)cc2)nc2ccccc2c1=O. The first-order valence-electron chi connectivity index (χ1n) is 12.1. The lowest BCUT2D eigenvalue weighted by Gasteiger charge is -2.40. The van der Waals surface area contributed by atoms with Crippen LogP contribution in [0.25, 0.3) is 22.7 Å². The number of rotatable bonds is 7. The Morgan fingerprint density at radius 3 is 2.45 bits per heavy atom. The van der Waals surface area contributed by atoms with E-state index in [-0.39, 0.29) is 17.9 Å². The van der Waals surface area contributed by atoms with Crippen molar-refractivity contribution < 1.29 is 14.3 Å². The van der Waals surface area contributed by atoms with Crippen molar-refractivity contribution in [3.63, 3.8) is 0 Å². The molecule has 1 atom stereocenters. The molecule has 1 aromatic heterocycles. The maximum absolute atomic E-state index is 13.7. The summed E-state index contributed by atoms with van der Waals surface area (Å²) in [6.45, 7) is 0. The molecule has 0 bridgehead atoms. The number of benzene rings is 3. The summed E-state index contributed by atoms with van der Waals surface area (Å²) in [6.07, 6.45) is 3.14. The number of anilines is 1. The molecule has 38 heavy (non-hydrogen) atoms. The zero-order valence-corrected chi connectivity index (χ0v) is 21.3. The van der Waals surface area contributed by atoms with Gasteiger partial charge in [-0.1, -0.05) is 36.4 Å². The van der Waals surface area contributed by atoms with Gasteiger partial charge in [0.15, 0.2) is 0 Å². The first-order chi connectivity index (χ1) is 18.4. The molecule has 9 nitrogen and oxygen atoms in total. The quantitative estimate of drug-likeness (QED) is 0.303. The first kappa shape index (κ1) is 24.8. The van der Waals surface area contributed by atoms with Crippen LogP contribution >= 0.6 is 0 Å². The second-order valence-corrected chi connectivity index (χ2v) is 9.08. The van der Waals surface area contributed by atoms with E-state index in [4.69, 9.17) is 9.72 Å². The van der Waals surface area contributed by atoms with Gasteiger partial charge in [-0.15, -0.1) is 0 Å². The number of methoxy groups -OCH3 is 1. The molecule has 2 amide bonds. The summed E-state index contributed by atoms with van der Waals surface area (Å²) in [4.78, 5) is 45.7. The number of para-hydroxylation sites is 3. The minimum absolute atomic E-state index is 0.0932. The highest BCUT2D eigenvalue weighted by Gasteiger charge is 2.42. The predicted molar refractivity (Wildman–Crippen MR) is 146 cm³/mol. The molecule has 0 aliphatic carbocycles. The number of amides is 2. The van der Waals surface area contributed by atoms with Gasteiger partial charge in [0.2, 0.25) is 5.91 Å². The lowest BCUT2D eigenvalue weighted by Crippen LogP contribution is -2.57. The van der Waals surface area contributed by atoms with Crippen molar-refractivity contribution >= 4 is 34.5 Å². The summed E-state index contributed by atoms with van der Waals surface area (Å²) in [5.74, 6) is 0.0755. The lowest BCUT2D eigenvalue weighted by molar-refractivity contribution is -0.156. The molecule has 4 aromatic rings. The highest BCUT2D eigenvalue weighted by molar-refractivity contribution is 5.94. The van der Waals surface area contributed by atoms with Crippen molar-refractivity contribution in [1.82, 2.24) is 20.0 Å². The monoisotopic (exact) mass is 509 g/mol. The van der Waals surface area contributed by atoms with Gasteiger partial charge in [-0.25, -0.2) is 9.99 Å². The number of carbonyl (C=O) groups is 2. The number of β-lactam (4-membered cyclic amide) rings is 1. The normalized spacial score (nSPS) is 15.0. The molecule has 0 saturated carbocycles. The van der Waals surface area contributed by atoms with E-state index in [0.717, 1.165) is 11.3 Å². The molecule has 5 rings (SSSR count). The molecule has 192 valence electrons. The predicted octanol–water partition coefficient (Wildman–Crippen LogP) is 3.48. The number of hydrogen-bond donors (Lipinski definition) is 1. The summed E-state index contributed by atoms with van der Waals surface area (Å²) in [6, 6.07) is 21.2. The summed E-state index contributed by atoms with van der Waals surface area (Å²) in [7, 11) is 5.44. The fourth-order valence-electron chi connectivity index (χ4n) is 4.40. The molecule has 1 aliphatic heterocycles. The zero-order valence-electron chi connectivity index (χ0n) is 21.3. The van der Waals surface area contributed by atoms with Crippen molar-refractivity contribution in [3.8, 4) is 11.4 Å². The van der Waals surface area contributed by atoms with Gasteiger partial charge in [0, 0.05) is 25.9 Å². The van der Waals surface area contributed by atoms with Crippen LogP contribution in [0.1, 0.15) is 23.9 Å². The molecule has 1 saturated heterocycles. The molecule has 1 unspecified atom stereocenters. The Kier molecular flexibility index (Phi) is 6.66. The molecule has 9 heteroatoms. The molecule has 0 spiro atoms. The fourth-order valence-corrected chi connectivity index (χ4v) is 4.40. The average Bonchev–Trinajstić information content (AvgIpc) is 2.93. The summed E-state index contributed by atoms with van der Waals surface area (Å²) in [5.41, 5.74) is 5.26. The summed E-state index contributed by atoms with van der Waals surface area (Å²) < 4.78 is 6.97. The van der Waals surface area contributed by atoms with Crippen LogP contribution in [0.15, 0.2) is 83.7 Å². The maximum Gasteiger partial charge on any atom is 0.266 e. The molecule has 1 N–H and O–H groups in total. The molecule has 3 aromatic carbocycles. The van der Waals surface area contributed by atoms with E-state index in [0.29, 0.717) is 28.2 Å². The van der Waals surface area contributed by atoms with Crippen LogP contribution in [0.2, 0.25) is 0 Å². The Labute approximate surface area is 219 Å². The van der Waals surface area contributed by atoms with E-state index in [9.17, 15) is 14.4 Å². The third-order valence-corrected chi connectivity index (χ3v) is 6.44. The second-order valence-electron chi connectivity index (χ2n) is 9.08. The number of hydrazine groups is 1. The minimum Gasteiger partial charge on any atom is -0.495 e. The molecule has 1 aliphatic rings. The number of fused-ring (bicyclic) bond motifs is 1. The standard InChI is InChI=1S/C29H27N5O4/c1-32(2)20-15-12-19(13-16-20)14-17-26(35)31-34-24(18-27(34)36)28-30-22-9-5-4-8-21(22)29(37)33(28)23-10-6-7-11-25(23)38-3/h4-17,24H,18H2,1-3H3,(H,31,35)/b17-14+. The minimum atomic E-state index is -0.638. The smallest absolute Gasteiger partial charge is 0.266 e. The number of hydrogen-bond acceptors (Lipinski definition) is 6. The zero-order chi connectivity index (χ0) is 26.8. The van der Waals surface area contributed by atoms with Gasteiger partial charge in [-0.2, -0.15) is 0 Å². The van der Waals surface area contributed by atoms with Gasteiger partial charge in [-0.05, 0) is 48.0 Å². The third kappa shape index (κ3) is 4.61. The number of ether oxygens (including phenoxy) is 1. The maximum atomic E-state index is 13.7. The van der Waals surface area contributed by atoms with Crippen LogP contribution in [0, 0.1) is 0 Å². The van der Waals surface area contributed by atoms with Crippen LogP contribution in [0.5, 0.6) is 5.75 Å². The van der Waals surface area contributed by atoms with Crippen LogP contribution in [0.4, 0.5) is 5.69 Å². The van der Waals surface area contributed by atoms with E-state index in [1.807, 2.05) is 43.3 Å². The van der Waals surface area contributed by atoms with Crippen molar-refractivity contribution in [2.45, 2.75) is 12.5 Å². The largest absolute Gasteiger partial charge is 0.495 e. The third-order valence-electron chi connectivity index (χ3n) is 6.44. The first-order valence-corrected chi connectivity index (χ1v) is 12.1. The number of nitrogens with zero attached hydrogens (tertiary/aromatic N) is 4. The second kappa shape index (κ2) is 10.2. The number of aromatic nitrogens is 2. The molecule has 2 heterocycles. The van der Waals surface area contributed by atoms with E-state index in [1.165, 1.54) is 22.8 Å². The average molecular weight is 510 g/mol. The Hall–Kier alpha value is -4.92. The van der Waals surface area contributed by atoms with Gasteiger partial charge in [0.25, 0.3) is 11.5 Å². The van der Waals surface area contributed by atoms with Gasteiger partial charge in [0.1, 0.15) is 17.6 Å². The number of carbonyl (C=O) groups excluding carboxylic acids is 2. The van der Waals surface area contributed by atoms with Crippen molar-refractivity contribution in [2.75, 3.05) is 26.1 Å². The van der Waals surface area contributed by atoms with Gasteiger partial charge in [-0.3, -0.25) is 24.4 Å². The Morgan fingerprint density at radius 1 is 1.03 bits per heavy atom. The van der Waals surface area contributed by atoms with Gasteiger partial charge >= 0.3 is 0 Å². The van der Waals surface area contributed by atoms with Crippen molar-refractivity contribution in [3.05, 3.63) is 101 Å². The van der Waals surface area contributed by atoms with E-state index < -0.39 is 11.9 Å². The molecular weight excluding hydrogens is 482 g/mol. The molecule has 1 fully saturated rings. The van der Waals surface area contributed by atoms with Crippen LogP contribution in [-0.2, 0) is 9.59 Å². The summed E-state index contributed by atoms with van der Waals surface area (Å²) in [5, 5.41) is 1.66. The topological polar surface area (TPSA) is 96.8 Å². The fraction of sp³-hybridized carbons (Fsp3) is 0.172. The van der Waals surface area contributed by atoms with E-state index >= 15 is 0 Å². The van der Waals surface area contributed by atoms with Crippen LogP contribution in [0.3, 0.4) is 0 Å². The van der Waals surface area contributed by atoms with Gasteiger partial charge < -0.3 is 9.64 Å². The van der Waals surface area contributed by atoms with Crippen LogP contribution in [-0.4, -0.2) is 47.6 Å².